The number of imidazole rings is 1. The Balaban J connectivity index is 1.15. The summed E-state index contributed by atoms with van der Waals surface area (Å²) >= 11 is 0. The zero-order chi connectivity index (χ0) is 25.2. The van der Waals surface area contributed by atoms with Gasteiger partial charge in [0.05, 0.1) is 18.9 Å². The van der Waals surface area contributed by atoms with Crippen LogP contribution in [0.3, 0.4) is 0 Å². The van der Waals surface area contributed by atoms with Gasteiger partial charge in [0.1, 0.15) is 18.0 Å². The molecule has 0 spiro atoms. The molecule has 0 saturated carbocycles. The van der Waals surface area contributed by atoms with E-state index in [-0.39, 0.29) is 6.03 Å². The number of rotatable bonds is 5. The average molecular weight is 497 g/mol. The number of pyridine rings is 1. The molecule has 1 aliphatic heterocycles. The van der Waals surface area contributed by atoms with Gasteiger partial charge in [-0.3, -0.25) is 15.0 Å². The number of carbonyl (C=O) groups is 1. The van der Waals surface area contributed by atoms with Crippen LogP contribution in [0.2, 0.25) is 0 Å². The minimum Gasteiger partial charge on any atom is -0.378 e. The summed E-state index contributed by atoms with van der Waals surface area (Å²) in [7, 11) is 1.78. The third-order valence-corrected chi connectivity index (χ3v) is 6.09. The minimum absolute atomic E-state index is 0.369. The molecular formula is C25H24N10O2. The Labute approximate surface area is 211 Å². The van der Waals surface area contributed by atoms with Crippen molar-refractivity contribution >= 4 is 34.5 Å². The lowest BCUT2D eigenvalue weighted by atomic mass is 10.2. The maximum absolute atomic E-state index is 12.6. The number of hydrogen-bond donors (Lipinski definition) is 3. The van der Waals surface area contributed by atoms with E-state index >= 15 is 0 Å². The second kappa shape index (κ2) is 9.66. The van der Waals surface area contributed by atoms with Crippen LogP contribution in [0.15, 0.2) is 61.2 Å². The van der Waals surface area contributed by atoms with E-state index in [1.54, 1.807) is 30.5 Å². The predicted octanol–water partition coefficient (Wildman–Crippen LogP) is 3.30. The molecule has 12 nitrogen and oxygen atoms in total. The lowest BCUT2D eigenvalue weighted by Crippen LogP contribution is -2.36. The normalized spacial score (nSPS) is 13.6. The van der Waals surface area contributed by atoms with Crippen molar-refractivity contribution in [1.29, 1.82) is 0 Å². The number of hydrogen-bond acceptors (Lipinski definition) is 8. The van der Waals surface area contributed by atoms with Crippen molar-refractivity contribution in [1.82, 2.24) is 34.7 Å². The molecule has 5 aromatic rings. The number of H-pyrrole nitrogens is 1. The zero-order valence-corrected chi connectivity index (χ0v) is 20.0. The highest BCUT2D eigenvalue weighted by Gasteiger charge is 2.19. The van der Waals surface area contributed by atoms with Crippen molar-refractivity contribution in [3.8, 4) is 22.6 Å². The monoisotopic (exact) mass is 496 g/mol. The highest BCUT2D eigenvalue weighted by Crippen LogP contribution is 2.27. The molecule has 1 saturated heterocycles. The Morgan fingerprint density at radius 2 is 1.78 bits per heavy atom. The third-order valence-electron chi connectivity index (χ3n) is 6.09. The van der Waals surface area contributed by atoms with E-state index in [1.807, 2.05) is 42.5 Å². The van der Waals surface area contributed by atoms with E-state index in [0.29, 0.717) is 36.2 Å². The second-order valence-corrected chi connectivity index (χ2v) is 8.51. The van der Waals surface area contributed by atoms with Crippen LogP contribution in [0.4, 0.5) is 22.1 Å². The van der Waals surface area contributed by atoms with Gasteiger partial charge >= 0.3 is 6.03 Å². The topological polar surface area (TPSA) is 139 Å². The molecule has 4 aromatic heterocycles. The number of nitrogens with zero attached hydrogens (tertiary/aromatic N) is 7. The number of aromatic amines is 1. The molecule has 0 aliphatic carbocycles. The minimum atomic E-state index is -0.369. The zero-order valence-electron chi connectivity index (χ0n) is 20.0. The Bertz CT molecular complexity index is 1540. The van der Waals surface area contributed by atoms with Crippen molar-refractivity contribution in [3.63, 3.8) is 0 Å². The summed E-state index contributed by atoms with van der Waals surface area (Å²) in [5.74, 6) is 2.05. The second-order valence-electron chi connectivity index (χ2n) is 8.51. The molecule has 1 aromatic carbocycles. The summed E-state index contributed by atoms with van der Waals surface area (Å²) in [4.78, 5) is 35.6. The summed E-state index contributed by atoms with van der Waals surface area (Å²) in [6.45, 7) is 2.86. The van der Waals surface area contributed by atoms with Gasteiger partial charge in [-0.15, -0.1) is 0 Å². The fraction of sp³-hybridized carbons (Fsp3) is 0.200. The number of morpholine rings is 1. The molecule has 3 N–H and O–H groups in total. The number of nitrogens with one attached hydrogen (secondary N) is 3. The molecule has 2 amide bonds. The number of aryl methyl sites for hydroxylation is 1. The quantitative estimate of drug-likeness (QED) is 0.337. The number of fused-ring (bicyclic) bond motifs is 1. The molecule has 1 fully saturated rings. The largest absolute Gasteiger partial charge is 0.378 e. The molecule has 0 bridgehead atoms. The fourth-order valence-corrected chi connectivity index (χ4v) is 4.20. The molecule has 0 radical (unpaired) electrons. The van der Waals surface area contributed by atoms with Crippen LogP contribution < -0.4 is 15.5 Å². The van der Waals surface area contributed by atoms with Gasteiger partial charge < -0.3 is 19.9 Å². The lowest BCUT2D eigenvalue weighted by molar-refractivity contribution is 0.122. The van der Waals surface area contributed by atoms with Gasteiger partial charge in [-0.1, -0.05) is 0 Å². The first kappa shape index (κ1) is 22.6. The first-order valence-corrected chi connectivity index (χ1v) is 11.8. The molecule has 1 aliphatic rings. The van der Waals surface area contributed by atoms with Crippen LogP contribution in [0.1, 0.15) is 0 Å². The van der Waals surface area contributed by atoms with Gasteiger partial charge in [0.25, 0.3) is 0 Å². The molecule has 186 valence electrons. The van der Waals surface area contributed by atoms with Gasteiger partial charge in [-0.25, -0.2) is 19.7 Å². The molecule has 12 heteroatoms. The van der Waals surface area contributed by atoms with E-state index in [1.165, 1.54) is 0 Å². The first-order chi connectivity index (χ1) is 18.1. The first-order valence-electron chi connectivity index (χ1n) is 11.8. The highest BCUT2D eigenvalue weighted by molar-refractivity contribution is 5.99. The maximum atomic E-state index is 12.6. The van der Waals surface area contributed by atoms with Gasteiger partial charge in [-0.2, -0.15) is 5.10 Å². The number of urea groups is 1. The highest BCUT2D eigenvalue weighted by atomic mass is 16.5. The van der Waals surface area contributed by atoms with Gasteiger partial charge in [0, 0.05) is 55.4 Å². The number of aromatic nitrogens is 7. The van der Waals surface area contributed by atoms with Crippen LogP contribution in [0.5, 0.6) is 0 Å². The third kappa shape index (κ3) is 4.69. The SMILES string of the molecule is Cn1nc(-c2ccncc2)cc1NC(=O)Nc1ccc(-c2nc3c(N4CCOCC4)ncnc3[nH]2)cc1. The van der Waals surface area contributed by atoms with Crippen LogP contribution in [0, 0.1) is 0 Å². The lowest BCUT2D eigenvalue weighted by Gasteiger charge is -2.27. The fourth-order valence-electron chi connectivity index (χ4n) is 4.20. The molecular weight excluding hydrogens is 472 g/mol. The number of benzene rings is 1. The Hall–Kier alpha value is -4.84. The van der Waals surface area contributed by atoms with Crippen LogP contribution in [0.25, 0.3) is 33.8 Å². The Morgan fingerprint density at radius 3 is 2.57 bits per heavy atom. The average Bonchev–Trinajstić information content (AvgIpc) is 3.53. The van der Waals surface area contributed by atoms with Gasteiger partial charge in [0.15, 0.2) is 17.0 Å². The van der Waals surface area contributed by atoms with Crippen molar-refractivity contribution in [2.24, 2.45) is 7.05 Å². The van der Waals surface area contributed by atoms with E-state index in [9.17, 15) is 4.79 Å². The van der Waals surface area contributed by atoms with Gasteiger partial charge in [-0.05, 0) is 36.4 Å². The van der Waals surface area contributed by atoms with E-state index in [2.05, 4.69) is 40.6 Å². The molecule has 0 atom stereocenters. The van der Waals surface area contributed by atoms with Crippen molar-refractivity contribution in [3.05, 3.63) is 61.2 Å². The summed E-state index contributed by atoms with van der Waals surface area (Å²) < 4.78 is 7.07. The maximum Gasteiger partial charge on any atom is 0.324 e. The smallest absolute Gasteiger partial charge is 0.324 e. The van der Waals surface area contributed by atoms with Crippen LogP contribution in [-0.2, 0) is 11.8 Å². The predicted molar refractivity (Wildman–Crippen MR) is 139 cm³/mol. The van der Waals surface area contributed by atoms with Crippen molar-refractivity contribution < 1.29 is 9.53 Å². The summed E-state index contributed by atoms with van der Waals surface area (Å²) in [5, 5.41) is 10.1. The summed E-state index contributed by atoms with van der Waals surface area (Å²) in [6.07, 6.45) is 4.95. The standard InChI is InChI=1S/C25H24N10O2/c1-34-20(14-19(33-34)16-6-8-26-9-7-16)30-25(36)29-18-4-2-17(3-5-18)22-31-21-23(32-22)27-15-28-24(21)35-10-12-37-13-11-35/h2-9,14-15H,10-13H2,1H3,(H2,29,30,36)(H,27,28,31,32). The molecule has 37 heavy (non-hydrogen) atoms. The molecule has 6 rings (SSSR count). The number of carbonyl (C=O) groups excluding carboxylic acids is 1. The van der Waals surface area contributed by atoms with Crippen LogP contribution >= 0.6 is 0 Å². The molecule has 0 unspecified atom stereocenters. The van der Waals surface area contributed by atoms with Crippen LogP contribution in [-0.4, -0.2) is 67.0 Å². The van der Waals surface area contributed by atoms with Gasteiger partial charge in [0.2, 0.25) is 0 Å². The Morgan fingerprint density at radius 1 is 1.00 bits per heavy atom. The summed E-state index contributed by atoms with van der Waals surface area (Å²) in [6, 6.07) is 12.6. The van der Waals surface area contributed by atoms with Crippen molar-refractivity contribution in [2.45, 2.75) is 0 Å². The number of ether oxygens (including phenoxy) is 1. The Kier molecular flexibility index (Phi) is 5.91. The van der Waals surface area contributed by atoms with E-state index in [0.717, 1.165) is 41.2 Å². The van der Waals surface area contributed by atoms with E-state index in [4.69, 9.17) is 9.72 Å². The molecule has 5 heterocycles. The number of anilines is 3. The van der Waals surface area contributed by atoms with E-state index < -0.39 is 0 Å². The number of amides is 2. The van der Waals surface area contributed by atoms with Crippen molar-refractivity contribution in [2.75, 3.05) is 41.8 Å². The summed E-state index contributed by atoms with van der Waals surface area (Å²) in [5.41, 5.74) is 4.58.